The van der Waals surface area contributed by atoms with E-state index in [4.69, 9.17) is 17.0 Å². The van der Waals surface area contributed by atoms with Crippen molar-refractivity contribution in [1.82, 2.24) is 14.7 Å². The number of nitrogens with one attached hydrogen (secondary N) is 1. The van der Waals surface area contributed by atoms with E-state index in [0.29, 0.717) is 17.2 Å². The molecule has 0 aliphatic heterocycles. The van der Waals surface area contributed by atoms with E-state index in [1.165, 1.54) is 23.5 Å². The van der Waals surface area contributed by atoms with Gasteiger partial charge in [-0.2, -0.15) is 0 Å². The topological polar surface area (TPSA) is 42.3 Å². The number of hydrogen-bond acceptors (Lipinski definition) is 6. The lowest BCUT2D eigenvalue weighted by Gasteiger charge is -2.16. The van der Waals surface area contributed by atoms with Crippen molar-refractivity contribution < 1.29 is 9.13 Å². The number of halogens is 1. The molecule has 3 aromatic rings. The SMILES string of the molecule is COc1ccc(Nc2nn(CN(C)Cc3ccc(F)cc3)c(=S)s2)cc1. The molecule has 1 heterocycles. The number of benzene rings is 2. The fraction of sp³-hybridized carbons (Fsp3) is 0.222. The third-order valence-electron chi connectivity index (χ3n) is 3.69. The number of rotatable bonds is 7. The van der Waals surface area contributed by atoms with Crippen LogP contribution in [0.2, 0.25) is 0 Å². The largest absolute Gasteiger partial charge is 0.497 e. The normalized spacial score (nSPS) is 10.9. The van der Waals surface area contributed by atoms with E-state index in [1.807, 2.05) is 31.3 Å². The van der Waals surface area contributed by atoms with Gasteiger partial charge in [-0.1, -0.05) is 23.5 Å². The molecule has 1 aromatic heterocycles. The fourth-order valence-corrected chi connectivity index (χ4v) is 3.44. The number of nitrogens with zero attached hydrogens (tertiary/aromatic N) is 3. The smallest absolute Gasteiger partial charge is 0.209 e. The molecule has 0 fully saturated rings. The van der Waals surface area contributed by atoms with Crippen LogP contribution in [0.5, 0.6) is 5.75 Å². The van der Waals surface area contributed by atoms with Gasteiger partial charge >= 0.3 is 0 Å². The third kappa shape index (κ3) is 4.87. The van der Waals surface area contributed by atoms with Crippen LogP contribution >= 0.6 is 23.6 Å². The highest BCUT2D eigenvalue weighted by Gasteiger charge is 2.08. The van der Waals surface area contributed by atoms with Crippen molar-refractivity contribution in [2.24, 2.45) is 0 Å². The molecule has 136 valence electrons. The van der Waals surface area contributed by atoms with Gasteiger partial charge in [0.1, 0.15) is 11.6 Å². The van der Waals surface area contributed by atoms with Gasteiger partial charge in [0.2, 0.25) is 5.13 Å². The molecule has 5 nitrogen and oxygen atoms in total. The predicted octanol–water partition coefficient (Wildman–Crippen LogP) is 4.65. The Hall–Kier alpha value is -2.29. The molecule has 2 aromatic carbocycles. The molecule has 0 amide bonds. The van der Waals surface area contributed by atoms with Gasteiger partial charge in [0.05, 0.1) is 13.8 Å². The van der Waals surface area contributed by atoms with Gasteiger partial charge in [0, 0.05) is 12.2 Å². The lowest BCUT2D eigenvalue weighted by atomic mass is 10.2. The molecule has 0 aliphatic carbocycles. The number of anilines is 2. The maximum absolute atomic E-state index is 13.0. The summed E-state index contributed by atoms with van der Waals surface area (Å²) in [5.74, 6) is 0.573. The summed E-state index contributed by atoms with van der Waals surface area (Å²) in [5, 5.41) is 8.51. The molecule has 0 saturated carbocycles. The van der Waals surface area contributed by atoms with Crippen LogP contribution in [0.25, 0.3) is 0 Å². The molecule has 0 radical (unpaired) electrons. The van der Waals surface area contributed by atoms with E-state index in [0.717, 1.165) is 22.1 Å². The second-order valence-corrected chi connectivity index (χ2v) is 7.43. The standard InChI is InChI=1S/C18H19FN4OS2/c1-22(11-13-3-5-14(19)6-4-13)12-23-18(25)26-17(21-23)20-15-7-9-16(24-2)10-8-15/h3-10H,11-12H2,1-2H3,(H,20,21). The van der Waals surface area contributed by atoms with Crippen LogP contribution < -0.4 is 10.1 Å². The minimum Gasteiger partial charge on any atom is -0.497 e. The lowest BCUT2D eigenvalue weighted by molar-refractivity contribution is 0.245. The zero-order valence-electron chi connectivity index (χ0n) is 14.5. The molecule has 0 spiro atoms. The highest BCUT2D eigenvalue weighted by Crippen LogP contribution is 2.22. The van der Waals surface area contributed by atoms with Crippen LogP contribution in [0, 0.1) is 9.77 Å². The van der Waals surface area contributed by atoms with Crippen molar-refractivity contribution in [3.8, 4) is 5.75 Å². The second-order valence-electron chi connectivity index (χ2n) is 5.81. The summed E-state index contributed by atoms with van der Waals surface area (Å²) >= 11 is 6.83. The number of aromatic nitrogens is 2. The van der Waals surface area contributed by atoms with Crippen molar-refractivity contribution >= 4 is 34.4 Å². The molecule has 8 heteroatoms. The Kier molecular flexibility index (Phi) is 5.97. The minimum atomic E-state index is -0.229. The first-order valence-electron chi connectivity index (χ1n) is 7.95. The molecule has 0 atom stereocenters. The Bertz CT molecular complexity index is 906. The van der Waals surface area contributed by atoms with E-state index in [9.17, 15) is 4.39 Å². The van der Waals surface area contributed by atoms with Gasteiger partial charge in [-0.25, -0.2) is 9.07 Å². The van der Waals surface area contributed by atoms with Gasteiger partial charge in [0.25, 0.3) is 0 Å². The average molecular weight is 391 g/mol. The van der Waals surface area contributed by atoms with Gasteiger partial charge in [0.15, 0.2) is 3.95 Å². The first kappa shape index (κ1) is 18.5. The third-order valence-corrected chi connectivity index (χ3v) is 4.91. The number of hydrogen-bond donors (Lipinski definition) is 1. The molecule has 3 rings (SSSR count). The molecule has 1 N–H and O–H groups in total. The summed E-state index contributed by atoms with van der Waals surface area (Å²) in [5.41, 5.74) is 1.95. The molecule has 0 saturated heterocycles. The monoisotopic (exact) mass is 390 g/mol. The van der Waals surface area contributed by atoms with Crippen LogP contribution in [0.15, 0.2) is 48.5 Å². The van der Waals surface area contributed by atoms with Gasteiger partial charge in [-0.05, 0) is 61.2 Å². The molecule has 0 unspecified atom stereocenters. The van der Waals surface area contributed by atoms with Crippen LogP contribution in [-0.4, -0.2) is 28.8 Å². The van der Waals surface area contributed by atoms with Crippen LogP contribution in [0.1, 0.15) is 5.56 Å². The molecular formula is C18H19FN4OS2. The first-order chi connectivity index (χ1) is 12.5. The number of ether oxygens (including phenoxy) is 1. The molecule has 0 aliphatic rings. The summed E-state index contributed by atoms with van der Waals surface area (Å²) in [6.45, 7) is 1.23. The summed E-state index contributed by atoms with van der Waals surface area (Å²) in [4.78, 5) is 2.07. The molecular weight excluding hydrogens is 371 g/mol. The van der Waals surface area contributed by atoms with E-state index in [2.05, 4.69) is 15.3 Å². The highest BCUT2D eigenvalue weighted by molar-refractivity contribution is 7.73. The Morgan fingerprint density at radius 3 is 2.54 bits per heavy atom. The van der Waals surface area contributed by atoms with Crippen molar-refractivity contribution in [1.29, 1.82) is 0 Å². The van der Waals surface area contributed by atoms with E-state index in [1.54, 1.807) is 23.9 Å². The van der Waals surface area contributed by atoms with Crippen molar-refractivity contribution in [2.45, 2.75) is 13.2 Å². The van der Waals surface area contributed by atoms with Crippen LogP contribution in [0.3, 0.4) is 0 Å². The quantitative estimate of drug-likeness (QED) is 0.595. The van der Waals surface area contributed by atoms with Crippen molar-refractivity contribution in [3.63, 3.8) is 0 Å². The Balaban J connectivity index is 1.63. The number of methoxy groups -OCH3 is 1. The molecule has 26 heavy (non-hydrogen) atoms. The van der Waals surface area contributed by atoms with E-state index < -0.39 is 0 Å². The fourth-order valence-electron chi connectivity index (χ4n) is 2.42. The summed E-state index contributed by atoms with van der Waals surface area (Å²) in [6.07, 6.45) is 0. The van der Waals surface area contributed by atoms with Crippen molar-refractivity contribution in [3.05, 3.63) is 63.9 Å². The minimum absolute atomic E-state index is 0.229. The maximum Gasteiger partial charge on any atom is 0.209 e. The Morgan fingerprint density at radius 2 is 1.88 bits per heavy atom. The van der Waals surface area contributed by atoms with Crippen LogP contribution in [-0.2, 0) is 13.2 Å². The van der Waals surface area contributed by atoms with Crippen LogP contribution in [0.4, 0.5) is 15.2 Å². The first-order valence-corrected chi connectivity index (χ1v) is 9.18. The second kappa shape index (κ2) is 8.39. The average Bonchev–Trinajstić information content (AvgIpc) is 2.96. The van der Waals surface area contributed by atoms with Crippen molar-refractivity contribution in [2.75, 3.05) is 19.5 Å². The Labute approximate surface area is 160 Å². The van der Waals surface area contributed by atoms with E-state index >= 15 is 0 Å². The summed E-state index contributed by atoms with van der Waals surface area (Å²) in [6, 6.07) is 14.1. The van der Waals surface area contributed by atoms with E-state index in [-0.39, 0.29) is 5.82 Å². The Morgan fingerprint density at radius 1 is 1.19 bits per heavy atom. The van der Waals surface area contributed by atoms with Gasteiger partial charge < -0.3 is 10.1 Å². The van der Waals surface area contributed by atoms with Gasteiger partial charge in [-0.15, -0.1) is 5.10 Å². The summed E-state index contributed by atoms with van der Waals surface area (Å²) < 4.78 is 20.6. The lowest BCUT2D eigenvalue weighted by Crippen LogP contribution is -2.22. The predicted molar refractivity (Wildman–Crippen MR) is 105 cm³/mol. The summed E-state index contributed by atoms with van der Waals surface area (Å²) in [7, 11) is 3.61. The zero-order valence-corrected chi connectivity index (χ0v) is 16.1. The maximum atomic E-state index is 13.0. The highest BCUT2D eigenvalue weighted by atomic mass is 32.1. The zero-order chi connectivity index (χ0) is 18.5. The molecule has 0 bridgehead atoms. The van der Waals surface area contributed by atoms with Gasteiger partial charge in [-0.3, -0.25) is 4.90 Å².